The van der Waals surface area contributed by atoms with Crippen LogP contribution in [0.4, 0.5) is 0 Å². The predicted molar refractivity (Wildman–Crippen MR) is 69.6 cm³/mol. The minimum absolute atomic E-state index is 0.00880. The Kier molecular flexibility index (Phi) is 2.40. The van der Waals surface area contributed by atoms with E-state index in [1.807, 2.05) is 36.4 Å². The van der Waals surface area contributed by atoms with E-state index < -0.39 is 6.04 Å². The molecule has 0 aromatic heterocycles. The highest BCUT2D eigenvalue weighted by Crippen LogP contribution is 2.29. The van der Waals surface area contributed by atoms with Gasteiger partial charge in [0, 0.05) is 18.9 Å². The Bertz CT molecular complexity index is 655. The number of benzene rings is 2. The second kappa shape index (κ2) is 3.95. The van der Waals surface area contributed by atoms with Crippen LogP contribution in [-0.2, 0) is 11.2 Å². The molecule has 0 saturated heterocycles. The fourth-order valence-corrected chi connectivity index (χ4v) is 2.66. The van der Waals surface area contributed by atoms with Gasteiger partial charge in [0.25, 0.3) is 0 Å². The van der Waals surface area contributed by atoms with Crippen molar-refractivity contribution in [2.24, 2.45) is 0 Å². The molecule has 1 aliphatic rings. The van der Waals surface area contributed by atoms with Crippen LogP contribution in [0, 0.1) is 0 Å². The van der Waals surface area contributed by atoms with Crippen molar-refractivity contribution in [2.45, 2.75) is 19.4 Å². The van der Waals surface area contributed by atoms with Gasteiger partial charge in [-0.1, -0.05) is 36.4 Å². The SMILES string of the molecule is CC(=O)N[C@@H]1Cc2cccc3cccc(c23)C1=O. The van der Waals surface area contributed by atoms with Gasteiger partial charge in [-0.25, -0.2) is 0 Å². The van der Waals surface area contributed by atoms with Crippen molar-refractivity contribution in [2.75, 3.05) is 0 Å². The van der Waals surface area contributed by atoms with E-state index in [-0.39, 0.29) is 11.7 Å². The van der Waals surface area contributed by atoms with E-state index in [1.165, 1.54) is 6.92 Å². The fraction of sp³-hybridized carbons (Fsp3) is 0.200. The number of Topliss-reactive ketones (excluding diaryl/α,β-unsaturated/α-hetero) is 1. The standard InChI is InChI=1S/C15H13NO2/c1-9(17)16-13-8-11-6-2-4-10-5-3-7-12(14(10)11)15(13)18/h2-7,13H,8H2,1H3,(H,16,17)/t13-/m1/s1. The Morgan fingerprint density at radius 2 is 1.94 bits per heavy atom. The first-order valence-electron chi connectivity index (χ1n) is 5.99. The maximum absolute atomic E-state index is 12.3. The van der Waals surface area contributed by atoms with Crippen molar-refractivity contribution in [3.8, 4) is 0 Å². The Hall–Kier alpha value is -2.16. The van der Waals surface area contributed by atoms with Gasteiger partial charge in [-0.05, 0) is 16.3 Å². The summed E-state index contributed by atoms with van der Waals surface area (Å²) in [6.45, 7) is 1.44. The first-order chi connectivity index (χ1) is 8.66. The van der Waals surface area contributed by atoms with Crippen molar-refractivity contribution in [1.82, 2.24) is 5.32 Å². The zero-order chi connectivity index (χ0) is 12.7. The Morgan fingerprint density at radius 3 is 2.67 bits per heavy atom. The molecule has 0 bridgehead atoms. The molecule has 90 valence electrons. The molecule has 3 nitrogen and oxygen atoms in total. The summed E-state index contributed by atoms with van der Waals surface area (Å²) in [4.78, 5) is 23.5. The van der Waals surface area contributed by atoms with Gasteiger partial charge < -0.3 is 5.32 Å². The monoisotopic (exact) mass is 239 g/mol. The van der Waals surface area contributed by atoms with Gasteiger partial charge in [0.05, 0.1) is 6.04 Å². The zero-order valence-electron chi connectivity index (χ0n) is 10.1. The third-order valence-electron chi connectivity index (χ3n) is 3.37. The summed E-state index contributed by atoms with van der Waals surface area (Å²) in [7, 11) is 0. The first-order valence-corrected chi connectivity index (χ1v) is 5.99. The molecule has 1 aliphatic carbocycles. The maximum atomic E-state index is 12.3. The summed E-state index contributed by atoms with van der Waals surface area (Å²) >= 11 is 0. The quantitative estimate of drug-likeness (QED) is 0.828. The molecule has 1 atom stereocenters. The Labute approximate surface area is 105 Å². The van der Waals surface area contributed by atoms with E-state index in [0.717, 1.165) is 16.3 Å². The van der Waals surface area contributed by atoms with Gasteiger partial charge >= 0.3 is 0 Å². The Balaban J connectivity index is 2.18. The predicted octanol–water partition coefficient (Wildman–Crippen LogP) is 2.08. The second-order valence-electron chi connectivity index (χ2n) is 4.64. The maximum Gasteiger partial charge on any atom is 0.217 e. The van der Waals surface area contributed by atoms with Crippen LogP contribution >= 0.6 is 0 Å². The number of amides is 1. The number of rotatable bonds is 1. The normalized spacial score (nSPS) is 17.8. The van der Waals surface area contributed by atoms with Gasteiger partial charge in [-0.3, -0.25) is 9.59 Å². The van der Waals surface area contributed by atoms with Gasteiger partial charge in [0.1, 0.15) is 0 Å². The lowest BCUT2D eigenvalue weighted by atomic mass is 9.85. The van der Waals surface area contributed by atoms with Crippen molar-refractivity contribution in [3.63, 3.8) is 0 Å². The van der Waals surface area contributed by atoms with Crippen LogP contribution in [0.2, 0.25) is 0 Å². The van der Waals surface area contributed by atoms with Crippen LogP contribution in [0.15, 0.2) is 36.4 Å². The van der Waals surface area contributed by atoms with Crippen LogP contribution < -0.4 is 5.32 Å². The summed E-state index contributed by atoms with van der Waals surface area (Å²) in [5.41, 5.74) is 1.84. The third kappa shape index (κ3) is 1.59. The molecule has 2 aromatic carbocycles. The summed E-state index contributed by atoms with van der Waals surface area (Å²) in [6.07, 6.45) is 0.576. The van der Waals surface area contributed by atoms with E-state index in [1.54, 1.807) is 0 Å². The van der Waals surface area contributed by atoms with Crippen LogP contribution in [0.25, 0.3) is 10.8 Å². The molecule has 1 amide bonds. The second-order valence-corrected chi connectivity index (χ2v) is 4.64. The number of ketones is 1. The van der Waals surface area contributed by atoms with Crippen LogP contribution in [-0.4, -0.2) is 17.7 Å². The van der Waals surface area contributed by atoms with Gasteiger partial charge in [0.2, 0.25) is 5.91 Å². The van der Waals surface area contributed by atoms with Crippen molar-refractivity contribution >= 4 is 22.5 Å². The van der Waals surface area contributed by atoms with Crippen LogP contribution in [0.1, 0.15) is 22.8 Å². The number of nitrogens with one attached hydrogen (secondary N) is 1. The van der Waals surface area contributed by atoms with Gasteiger partial charge in [-0.2, -0.15) is 0 Å². The summed E-state index contributed by atoms with van der Waals surface area (Å²) in [5.74, 6) is -0.158. The molecule has 0 aliphatic heterocycles. The van der Waals surface area contributed by atoms with Crippen molar-refractivity contribution < 1.29 is 9.59 Å². The van der Waals surface area contributed by atoms with Gasteiger partial charge in [-0.15, -0.1) is 0 Å². The number of hydrogen-bond donors (Lipinski definition) is 1. The lowest BCUT2D eigenvalue weighted by Gasteiger charge is -2.24. The van der Waals surface area contributed by atoms with E-state index >= 15 is 0 Å². The van der Waals surface area contributed by atoms with Crippen molar-refractivity contribution in [1.29, 1.82) is 0 Å². The third-order valence-corrected chi connectivity index (χ3v) is 3.37. The largest absolute Gasteiger partial charge is 0.346 e. The first kappa shape index (κ1) is 11.0. The molecule has 0 spiro atoms. The molecule has 0 fully saturated rings. The molecule has 0 radical (unpaired) electrons. The molecule has 2 aromatic rings. The minimum atomic E-state index is -0.428. The lowest BCUT2D eigenvalue weighted by Crippen LogP contribution is -2.43. The average molecular weight is 239 g/mol. The molecule has 1 N–H and O–H groups in total. The lowest BCUT2D eigenvalue weighted by molar-refractivity contribution is -0.119. The highest BCUT2D eigenvalue weighted by molar-refractivity contribution is 6.14. The minimum Gasteiger partial charge on any atom is -0.346 e. The average Bonchev–Trinajstić information content (AvgIpc) is 2.35. The van der Waals surface area contributed by atoms with Crippen LogP contribution in [0.5, 0.6) is 0 Å². The molecule has 0 saturated carbocycles. The van der Waals surface area contributed by atoms with Crippen LogP contribution in [0.3, 0.4) is 0 Å². The highest BCUT2D eigenvalue weighted by Gasteiger charge is 2.28. The smallest absolute Gasteiger partial charge is 0.217 e. The zero-order valence-corrected chi connectivity index (χ0v) is 10.1. The molecule has 18 heavy (non-hydrogen) atoms. The molecule has 3 heteroatoms. The molecular weight excluding hydrogens is 226 g/mol. The summed E-state index contributed by atoms with van der Waals surface area (Å²) < 4.78 is 0. The number of hydrogen-bond acceptors (Lipinski definition) is 2. The van der Waals surface area contributed by atoms with E-state index in [9.17, 15) is 9.59 Å². The number of carbonyl (C=O) groups excluding carboxylic acids is 2. The van der Waals surface area contributed by atoms with E-state index in [0.29, 0.717) is 12.0 Å². The molecule has 0 heterocycles. The van der Waals surface area contributed by atoms with Gasteiger partial charge in [0.15, 0.2) is 5.78 Å². The summed E-state index contributed by atoms with van der Waals surface area (Å²) in [6, 6.07) is 11.3. The summed E-state index contributed by atoms with van der Waals surface area (Å²) in [5, 5.41) is 4.84. The fourth-order valence-electron chi connectivity index (χ4n) is 2.66. The molecule has 3 rings (SSSR count). The van der Waals surface area contributed by atoms with E-state index in [4.69, 9.17) is 0 Å². The Morgan fingerprint density at radius 1 is 1.22 bits per heavy atom. The van der Waals surface area contributed by atoms with E-state index in [2.05, 4.69) is 5.32 Å². The number of carbonyl (C=O) groups is 2. The topological polar surface area (TPSA) is 46.2 Å². The molecule has 0 unspecified atom stereocenters. The highest BCUT2D eigenvalue weighted by atomic mass is 16.2. The van der Waals surface area contributed by atoms with Crippen molar-refractivity contribution in [3.05, 3.63) is 47.5 Å². The molecular formula is C15H13NO2.